The van der Waals surface area contributed by atoms with E-state index in [4.69, 9.17) is 13.3 Å². The largest absolute Gasteiger partial charge is 0.500 e. The molecule has 0 aliphatic rings. The molecule has 0 saturated heterocycles. The molecule has 12 nitrogen and oxygen atoms in total. The Morgan fingerprint density at radius 3 is 1.09 bits per heavy atom. The fourth-order valence-electron chi connectivity index (χ4n) is 11.9. The Morgan fingerprint density at radius 2 is 0.679 bits per heavy atom. The fourth-order valence-corrected chi connectivity index (χ4v) is 15.0. The van der Waals surface area contributed by atoms with Gasteiger partial charge in [-0.3, -0.25) is 0 Å². The number of hydrogen-bond acceptors (Lipinski definition) is 12. The zero-order valence-electron chi connectivity index (χ0n) is 64.7. The van der Waals surface area contributed by atoms with Crippen molar-refractivity contribution >= 4 is 106 Å². The third kappa shape index (κ3) is 20.7. The zero-order valence-corrected chi connectivity index (χ0v) is 74.8. The van der Waals surface area contributed by atoms with Crippen LogP contribution < -0.4 is 15.6 Å². The summed E-state index contributed by atoms with van der Waals surface area (Å²) >= 11 is 0. The topological polar surface area (TPSA) is 155 Å². The molecule has 3 radical (unpaired) electrons. The maximum atomic E-state index is 6.04. The molecule has 12 heterocycles. The van der Waals surface area contributed by atoms with Crippen molar-refractivity contribution in [3.8, 4) is 67.5 Å². The number of furan rings is 3. The first kappa shape index (κ1) is 84.1. The van der Waals surface area contributed by atoms with E-state index in [2.05, 4.69) is 195 Å². The molecular weight excluding hydrogens is 1960 g/mol. The van der Waals surface area contributed by atoms with E-state index in [9.17, 15) is 0 Å². The number of nitrogens with zero attached hydrogens (tertiary/aromatic N) is 9. The van der Waals surface area contributed by atoms with Gasteiger partial charge in [0.05, 0.1) is 41.0 Å². The van der Waals surface area contributed by atoms with Crippen LogP contribution in [0.3, 0.4) is 0 Å². The van der Waals surface area contributed by atoms with Gasteiger partial charge in [-0.2, -0.15) is 0 Å². The maximum Gasteiger partial charge on any atom is 0.216 e. The predicted molar refractivity (Wildman–Crippen MR) is 454 cm³/mol. The molecule has 18 aromatic rings. The quantitative estimate of drug-likeness (QED) is 0.0997. The van der Waals surface area contributed by atoms with E-state index >= 15 is 0 Å². The molecule has 567 valence electrons. The average Bonchev–Trinajstić information content (AvgIpc) is 1.63. The predicted octanol–water partition coefficient (Wildman–Crippen LogP) is 22.0. The summed E-state index contributed by atoms with van der Waals surface area (Å²) in [6.07, 6.45) is 18.2. The summed E-state index contributed by atoms with van der Waals surface area (Å²) in [6.45, 7) is 29.0. The number of benzene rings is 6. The van der Waals surface area contributed by atoms with Crippen LogP contribution in [0.5, 0.6) is 0 Å². The van der Waals surface area contributed by atoms with E-state index in [0.29, 0.717) is 11.4 Å². The minimum absolute atomic E-state index is 0. The first-order chi connectivity index (χ1) is 52.6. The van der Waals surface area contributed by atoms with Crippen molar-refractivity contribution in [3.05, 3.63) is 327 Å². The second-order valence-corrected chi connectivity index (χ2v) is 44.9. The first-order valence-corrected chi connectivity index (χ1v) is 46.8. The standard InChI is InChI=1S/C20H19N2OSi.2C19H17N2OSi.3C12H10N.3Ir/c1-13-8-10-16-15-6-5-7-17(19(15)23-20(16)22-13)18-11-9-14(12-21-18)24(2,3)4;1-23(2,3)13-9-10-17(21-12-13)16-7-4-6-14-15-8-5-11-20-19(15)22-18(14)16;1-23(2,3)13-8-9-17(21-10-13)16-12-20-11-15-14-6-4-5-7-18(14)22-19(15)16;3*1-10-7-8-12(13-9-10)11-5-3-2-4-6-11;;;/h5-6,8-12H,1-4H3;4-6,8-12H,1-3H3;4-11H,1-3H3;3*2-5,7-9H,1H3;;;/q6*-1;;;. The Morgan fingerprint density at radius 1 is 0.286 bits per heavy atom. The minimum atomic E-state index is -1.35. The van der Waals surface area contributed by atoms with Crippen LogP contribution in [-0.4, -0.2) is 69.1 Å². The van der Waals surface area contributed by atoms with Crippen LogP contribution in [0.15, 0.2) is 281 Å². The molecule has 0 aliphatic heterocycles. The number of aryl methyl sites for hydroxylation is 4. The molecular formula is C94H83Ir3N9O3Si3-6. The summed E-state index contributed by atoms with van der Waals surface area (Å²) < 4.78 is 18.0. The Hall–Kier alpha value is -10.3. The van der Waals surface area contributed by atoms with Crippen LogP contribution in [0.2, 0.25) is 58.9 Å². The molecule has 12 aromatic heterocycles. The van der Waals surface area contributed by atoms with E-state index in [0.717, 1.165) is 128 Å². The van der Waals surface area contributed by atoms with Gasteiger partial charge in [-0.25, -0.2) is 9.97 Å². The van der Waals surface area contributed by atoms with Gasteiger partial charge in [0, 0.05) is 126 Å². The molecule has 0 atom stereocenters. The van der Waals surface area contributed by atoms with Crippen molar-refractivity contribution in [3.63, 3.8) is 0 Å². The number of aromatic nitrogens is 9. The number of rotatable bonds is 9. The molecule has 0 bridgehead atoms. The Labute approximate surface area is 699 Å². The molecule has 0 aliphatic carbocycles. The molecule has 18 heteroatoms. The fraction of sp³-hybridized carbons (Fsp3) is 0.138. The van der Waals surface area contributed by atoms with Crippen LogP contribution >= 0.6 is 0 Å². The van der Waals surface area contributed by atoms with Gasteiger partial charge in [-0.15, -0.1) is 144 Å². The molecule has 112 heavy (non-hydrogen) atoms. The van der Waals surface area contributed by atoms with Gasteiger partial charge in [0.25, 0.3) is 0 Å². The monoisotopic (exact) mass is 2050 g/mol. The van der Waals surface area contributed by atoms with Crippen molar-refractivity contribution in [2.24, 2.45) is 0 Å². The summed E-state index contributed by atoms with van der Waals surface area (Å²) in [6, 6.07) is 88.5. The number of fused-ring (bicyclic) bond motifs is 9. The zero-order chi connectivity index (χ0) is 76.2. The molecule has 0 saturated carbocycles. The van der Waals surface area contributed by atoms with E-state index in [1.807, 2.05) is 229 Å². The first-order valence-electron chi connectivity index (χ1n) is 36.3. The van der Waals surface area contributed by atoms with Crippen LogP contribution in [0.25, 0.3) is 134 Å². The molecule has 0 amide bonds. The SMILES string of the molecule is C[Si](C)(C)c1ccc(-c2[c-]ccc3c2oc2ncccc23)nc1.C[Si](C)(C)c1ccc(-c2[c-]ncc3c2oc2ccccc23)nc1.Cc1ccc(-c2[c-]cccc2)nc1.Cc1ccc(-c2[c-]cccc2)nc1.Cc1ccc(-c2[c-]cccc2)nc1.Cc1ccc2c(n1)oc1c(-c3ccc([Si](C)(C)C)cn3)[c-]ccc12.[Ir].[Ir].[Ir]. The van der Waals surface area contributed by atoms with Crippen molar-refractivity contribution in [2.75, 3.05) is 0 Å². The normalized spacial score (nSPS) is 11.0. The smallest absolute Gasteiger partial charge is 0.216 e. The summed E-state index contributed by atoms with van der Waals surface area (Å²) in [4.78, 5) is 40.0. The summed E-state index contributed by atoms with van der Waals surface area (Å²) in [5.41, 5.74) is 20.4. The Bertz CT molecular complexity index is 5700. The van der Waals surface area contributed by atoms with E-state index in [-0.39, 0.29) is 60.3 Å². The van der Waals surface area contributed by atoms with E-state index in [1.165, 1.54) is 32.3 Å². The number of pyridine rings is 9. The van der Waals surface area contributed by atoms with Gasteiger partial charge in [-0.1, -0.05) is 177 Å². The summed E-state index contributed by atoms with van der Waals surface area (Å²) in [5, 5.41) is 10.3. The molecule has 18 rings (SSSR count). The maximum absolute atomic E-state index is 6.04. The summed E-state index contributed by atoms with van der Waals surface area (Å²) in [5.74, 6) is 0. The van der Waals surface area contributed by atoms with Crippen LogP contribution in [-0.2, 0) is 60.3 Å². The van der Waals surface area contributed by atoms with Crippen molar-refractivity contribution in [1.29, 1.82) is 0 Å². The third-order valence-corrected chi connectivity index (χ3v) is 24.3. The molecule has 0 unspecified atom stereocenters. The number of para-hydroxylation sites is 1. The van der Waals surface area contributed by atoms with E-state index in [1.54, 1.807) is 12.4 Å². The molecule has 0 spiro atoms. The van der Waals surface area contributed by atoms with Gasteiger partial charge in [0.1, 0.15) is 5.58 Å². The number of hydrogen-bond donors (Lipinski definition) is 0. The molecule has 6 aromatic carbocycles. The minimum Gasteiger partial charge on any atom is -0.500 e. The second kappa shape index (κ2) is 37.8. The van der Waals surface area contributed by atoms with Gasteiger partial charge >= 0.3 is 0 Å². The van der Waals surface area contributed by atoms with Crippen molar-refractivity contribution in [1.82, 2.24) is 44.9 Å². The van der Waals surface area contributed by atoms with Gasteiger partial charge in [-0.05, 0) is 142 Å². The molecule has 0 N–H and O–H groups in total. The van der Waals surface area contributed by atoms with Gasteiger partial charge in [0.15, 0.2) is 0 Å². The van der Waals surface area contributed by atoms with Crippen LogP contribution in [0.1, 0.15) is 22.4 Å². The van der Waals surface area contributed by atoms with Crippen LogP contribution in [0.4, 0.5) is 0 Å². The molecule has 0 fully saturated rings. The van der Waals surface area contributed by atoms with Gasteiger partial charge < -0.3 is 48.1 Å². The summed E-state index contributed by atoms with van der Waals surface area (Å²) in [7, 11) is -4.04. The second-order valence-electron chi connectivity index (χ2n) is 29.7. The Kier molecular flexibility index (Phi) is 28.4. The van der Waals surface area contributed by atoms with Gasteiger partial charge in [0.2, 0.25) is 11.4 Å². The average molecular weight is 2050 g/mol. The van der Waals surface area contributed by atoms with Crippen molar-refractivity contribution in [2.45, 2.75) is 86.6 Å². The van der Waals surface area contributed by atoms with Crippen molar-refractivity contribution < 1.29 is 73.6 Å². The van der Waals surface area contributed by atoms with Crippen LogP contribution in [0, 0.1) is 64.2 Å². The third-order valence-electron chi connectivity index (χ3n) is 18.2. The van der Waals surface area contributed by atoms with E-state index < -0.39 is 24.2 Å². The Balaban J connectivity index is 0.000000145.